The predicted octanol–water partition coefficient (Wildman–Crippen LogP) is 2.17. The van der Waals surface area contributed by atoms with E-state index in [9.17, 15) is 0 Å². The maximum Gasteiger partial charge on any atom is 0.223 e. The standard InChI is InChI=1S/C13H18N4/c1-9(14)13(2,3)17-12-15-8-10-6-4-5-7-11(10)16-12/h4-9H,14H2,1-3H3,(H,15,16,17). The fraction of sp³-hybridized carbons (Fsp3) is 0.385. The van der Waals surface area contributed by atoms with Crippen molar-refractivity contribution in [1.29, 1.82) is 0 Å². The van der Waals surface area contributed by atoms with Crippen LogP contribution in [0.25, 0.3) is 10.9 Å². The molecule has 2 aromatic rings. The fourth-order valence-electron chi connectivity index (χ4n) is 1.43. The number of nitrogens with two attached hydrogens (primary N) is 1. The molecule has 90 valence electrons. The highest BCUT2D eigenvalue weighted by Gasteiger charge is 2.23. The third-order valence-electron chi connectivity index (χ3n) is 3.06. The molecule has 1 aromatic carbocycles. The zero-order chi connectivity index (χ0) is 12.5. The van der Waals surface area contributed by atoms with Crippen LogP contribution in [0.3, 0.4) is 0 Å². The minimum atomic E-state index is -0.234. The summed E-state index contributed by atoms with van der Waals surface area (Å²) >= 11 is 0. The fourth-order valence-corrected chi connectivity index (χ4v) is 1.43. The molecule has 3 N–H and O–H groups in total. The maximum atomic E-state index is 5.91. The first-order chi connectivity index (χ1) is 7.99. The summed E-state index contributed by atoms with van der Waals surface area (Å²) in [7, 11) is 0. The molecule has 0 spiro atoms. The van der Waals surface area contributed by atoms with E-state index in [0.29, 0.717) is 5.95 Å². The van der Waals surface area contributed by atoms with Crippen LogP contribution in [0.4, 0.5) is 5.95 Å². The molecule has 0 aliphatic heterocycles. The van der Waals surface area contributed by atoms with Crippen molar-refractivity contribution in [2.75, 3.05) is 5.32 Å². The lowest BCUT2D eigenvalue weighted by molar-refractivity contribution is 0.467. The lowest BCUT2D eigenvalue weighted by atomic mass is 9.97. The Balaban J connectivity index is 2.31. The Labute approximate surface area is 101 Å². The van der Waals surface area contributed by atoms with Crippen molar-refractivity contribution < 1.29 is 0 Å². The molecule has 0 aliphatic carbocycles. The average Bonchev–Trinajstić information content (AvgIpc) is 2.28. The van der Waals surface area contributed by atoms with Crippen molar-refractivity contribution >= 4 is 16.9 Å². The Morgan fingerprint density at radius 1 is 1.29 bits per heavy atom. The van der Waals surface area contributed by atoms with Gasteiger partial charge in [0, 0.05) is 23.2 Å². The van der Waals surface area contributed by atoms with Crippen LogP contribution >= 0.6 is 0 Å². The third-order valence-corrected chi connectivity index (χ3v) is 3.06. The van der Waals surface area contributed by atoms with Crippen molar-refractivity contribution in [1.82, 2.24) is 9.97 Å². The molecule has 1 aromatic heterocycles. The molecule has 2 rings (SSSR count). The third kappa shape index (κ3) is 2.53. The summed E-state index contributed by atoms with van der Waals surface area (Å²) in [5, 5.41) is 4.30. The molecule has 4 heteroatoms. The van der Waals surface area contributed by atoms with E-state index in [2.05, 4.69) is 15.3 Å². The first-order valence-corrected chi connectivity index (χ1v) is 5.74. The highest BCUT2D eigenvalue weighted by atomic mass is 15.1. The van der Waals surface area contributed by atoms with E-state index < -0.39 is 0 Å². The van der Waals surface area contributed by atoms with Gasteiger partial charge in [0.25, 0.3) is 0 Å². The van der Waals surface area contributed by atoms with Gasteiger partial charge in [0.1, 0.15) is 0 Å². The Bertz CT molecular complexity index is 520. The normalized spacial score (nSPS) is 13.6. The quantitative estimate of drug-likeness (QED) is 0.848. The zero-order valence-corrected chi connectivity index (χ0v) is 10.4. The van der Waals surface area contributed by atoms with Crippen molar-refractivity contribution in [2.45, 2.75) is 32.4 Å². The first-order valence-electron chi connectivity index (χ1n) is 5.74. The lowest BCUT2D eigenvalue weighted by Gasteiger charge is -2.30. The molecule has 0 aliphatic rings. The number of nitrogens with one attached hydrogen (secondary N) is 1. The van der Waals surface area contributed by atoms with E-state index >= 15 is 0 Å². The molecule has 0 radical (unpaired) electrons. The second-order valence-corrected chi connectivity index (χ2v) is 4.89. The lowest BCUT2D eigenvalue weighted by Crippen LogP contribution is -2.47. The van der Waals surface area contributed by atoms with Gasteiger partial charge in [0.2, 0.25) is 5.95 Å². The number of nitrogens with zero attached hydrogens (tertiary/aromatic N) is 2. The van der Waals surface area contributed by atoms with Crippen molar-refractivity contribution in [3.05, 3.63) is 30.5 Å². The Morgan fingerprint density at radius 2 is 2.00 bits per heavy atom. The predicted molar refractivity (Wildman–Crippen MR) is 70.9 cm³/mol. The number of fused-ring (bicyclic) bond motifs is 1. The number of hydrogen-bond donors (Lipinski definition) is 2. The van der Waals surface area contributed by atoms with Crippen molar-refractivity contribution in [2.24, 2.45) is 5.73 Å². The summed E-state index contributed by atoms with van der Waals surface area (Å²) in [6.07, 6.45) is 1.82. The number of anilines is 1. The summed E-state index contributed by atoms with van der Waals surface area (Å²) in [5.74, 6) is 0.617. The maximum absolute atomic E-state index is 5.91. The molecular weight excluding hydrogens is 212 g/mol. The Kier molecular flexibility index (Phi) is 2.98. The molecule has 1 unspecified atom stereocenters. The SMILES string of the molecule is CC(N)C(C)(C)Nc1ncc2ccccc2n1. The van der Waals surface area contributed by atoms with Crippen LogP contribution in [0.5, 0.6) is 0 Å². The largest absolute Gasteiger partial charge is 0.348 e. The van der Waals surface area contributed by atoms with Crippen molar-refractivity contribution in [3.63, 3.8) is 0 Å². The topological polar surface area (TPSA) is 63.8 Å². The summed E-state index contributed by atoms with van der Waals surface area (Å²) in [5.41, 5.74) is 6.61. The van der Waals surface area contributed by atoms with Gasteiger partial charge >= 0.3 is 0 Å². The van der Waals surface area contributed by atoms with E-state index in [1.807, 2.05) is 51.2 Å². The highest BCUT2D eigenvalue weighted by Crippen LogP contribution is 2.16. The van der Waals surface area contributed by atoms with Crippen LogP contribution in [-0.2, 0) is 0 Å². The number of aromatic nitrogens is 2. The molecule has 0 bridgehead atoms. The number of rotatable bonds is 3. The highest BCUT2D eigenvalue weighted by molar-refractivity contribution is 5.78. The van der Waals surface area contributed by atoms with Crippen LogP contribution < -0.4 is 11.1 Å². The van der Waals surface area contributed by atoms with Gasteiger partial charge in [-0.25, -0.2) is 9.97 Å². The van der Waals surface area contributed by atoms with Crippen molar-refractivity contribution in [3.8, 4) is 0 Å². The van der Waals surface area contributed by atoms with Gasteiger partial charge in [-0.1, -0.05) is 18.2 Å². The zero-order valence-electron chi connectivity index (χ0n) is 10.4. The number of hydrogen-bond acceptors (Lipinski definition) is 4. The van der Waals surface area contributed by atoms with Crippen LogP contribution in [0.1, 0.15) is 20.8 Å². The van der Waals surface area contributed by atoms with E-state index in [1.165, 1.54) is 0 Å². The molecule has 0 saturated carbocycles. The van der Waals surface area contributed by atoms with Gasteiger partial charge in [0.05, 0.1) is 5.52 Å². The average molecular weight is 230 g/mol. The van der Waals surface area contributed by atoms with Gasteiger partial charge in [-0.15, -0.1) is 0 Å². The first kappa shape index (κ1) is 11.8. The van der Waals surface area contributed by atoms with Gasteiger partial charge in [-0.3, -0.25) is 0 Å². The molecule has 17 heavy (non-hydrogen) atoms. The van der Waals surface area contributed by atoms with E-state index in [4.69, 9.17) is 5.73 Å². The van der Waals surface area contributed by atoms with Crippen LogP contribution in [-0.4, -0.2) is 21.5 Å². The Morgan fingerprint density at radius 3 is 2.71 bits per heavy atom. The van der Waals surface area contributed by atoms with Gasteiger partial charge in [-0.05, 0) is 26.8 Å². The molecule has 0 amide bonds. The van der Waals surface area contributed by atoms with Gasteiger partial charge < -0.3 is 11.1 Å². The summed E-state index contributed by atoms with van der Waals surface area (Å²) in [6, 6.07) is 7.93. The molecule has 0 saturated heterocycles. The second kappa shape index (κ2) is 4.30. The summed E-state index contributed by atoms with van der Waals surface area (Å²) in [4.78, 5) is 8.76. The van der Waals surface area contributed by atoms with Crippen LogP contribution in [0.15, 0.2) is 30.5 Å². The molecular formula is C13H18N4. The van der Waals surface area contributed by atoms with Gasteiger partial charge in [0.15, 0.2) is 0 Å². The second-order valence-electron chi connectivity index (χ2n) is 4.89. The molecule has 1 atom stereocenters. The minimum Gasteiger partial charge on any atom is -0.348 e. The van der Waals surface area contributed by atoms with E-state index in [0.717, 1.165) is 10.9 Å². The van der Waals surface area contributed by atoms with Gasteiger partial charge in [-0.2, -0.15) is 0 Å². The van der Waals surface area contributed by atoms with Crippen LogP contribution in [0, 0.1) is 0 Å². The summed E-state index contributed by atoms with van der Waals surface area (Å²) in [6.45, 7) is 6.04. The van der Waals surface area contributed by atoms with E-state index in [1.54, 1.807) is 0 Å². The number of para-hydroxylation sites is 1. The molecule has 0 fully saturated rings. The van der Waals surface area contributed by atoms with Crippen LogP contribution in [0.2, 0.25) is 0 Å². The summed E-state index contributed by atoms with van der Waals surface area (Å²) < 4.78 is 0. The molecule has 4 nitrogen and oxygen atoms in total. The Hall–Kier alpha value is -1.68. The number of benzene rings is 1. The monoisotopic (exact) mass is 230 g/mol. The molecule has 1 heterocycles. The smallest absolute Gasteiger partial charge is 0.223 e. The van der Waals surface area contributed by atoms with E-state index in [-0.39, 0.29) is 11.6 Å². The minimum absolute atomic E-state index is 0.0116.